The number of fused-ring (bicyclic) bond motifs is 2. The first-order chi connectivity index (χ1) is 15.8. The second kappa shape index (κ2) is 8.44. The van der Waals surface area contributed by atoms with Crippen molar-refractivity contribution in [2.75, 3.05) is 42.3 Å². The zero-order chi connectivity index (χ0) is 21.5. The van der Waals surface area contributed by atoms with Gasteiger partial charge in [0.1, 0.15) is 16.5 Å². The zero-order valence-corrected chi connectivity index (χ0v) is 18.9. The van der Waals surface area contributed by atoms with Gasteiger partial charge in [-0.05, 0) is 37.8 Å². The Labute approximate surface area is 189 Å². The van der Waals surface area contributed by atoms with Gasteiger partial charge in [-0.3, -0.25) is 4.21 Å². The minimum Gasteiger partial charge on any atom is -0.381 e. The Kier molecular flexibility index (Phi) is 5.30. The lowest BCUT2D eigenvalue weighted by Crippen LogP contribution is -2.35. The van der Waals surface area contributed by atoms with E-state index in [-0.39, 0.29) is 0 Å². The molecule has 9 heteroatoms. The highest BCUT2D eigenvalue weighted by atomic mass is 32.2. The first kappa shape index (κ1) is 20.1. The van der Waals surface area contributed by atoms with Crippen LogP contribution < -0.4 is 10.2 Å². The molecular formula is C23H28N6O2S. The van der Waals surface area contributed by atoms with Crippen LogP contribution in [-0.4, -0.2) is 61.7 Å². The molecule has 3 aromatic rings. The molecular weight excluding hydrogens is 424 g/mol. The van der Waals surface area contributed by atoms with Crippen LogP contribution in [-0.2, 0) is 22.0 Å². The number of nitrogens with zero attached hydrogens (tertiary/aromatic N) is 5. The Morgan fingerprint density at radius 2 is 1.94 bits per heavy atom. The Morgan fingerprint density at radius 1 is 1.09 bits per heavy atom. The molecule has 0 bridgehead atoms. The number of hydrogen-bond donors (Lipinski definition) is 1. The van der Waals surface area contributed by atoms with Crippen LogP contribution in [0.5, 0.6) is 0 Å². The first-order valence-corrected chi connectivity index (χ1v) is 12.9. The maximum Gasteiger partial charge on any atom is 0.227 e. The van der Waals surface area contributed by atoms with Crippen LogP contribution in [0.3, 0.4) is 0 Å². The molecule has 1 unspecified atom stereocenters. The Hall–Kier alpha value is -2.52. The molecule has 1 N–H and O–H groups in total. The largest absolute Gasteiger partial charge is 0.381 e. The van der Waals surface area contributed by atoms with E-state index in [0.717, 1.165) is 92.1 Å². The smallest absolute Gasteiger partial charge is 0.227 e. The molecule has 0 radical (unpaired) electrons. The molecule has 168 valence electrons. The van der Waals surface area contributed by atoms with Crippen molar-refractivity contribution in [1.82, 2.24) is 19.4 Å². The van der Waals surface area contributed by atoms with Crippen LogP contribution >= 0.6 is 0 Å². The molecule has 6 rings (SSSR count). The molecule has 8 nitrogen and oxygen atoms in total. The summed E-state index contributed by atoms with van der Waals surface area (Å²) in [6, 6.07) is 6.52. The van der Waals surface area contributed by atoms with Crippen molar-refractivity contribution in [2.45, 2.75) is 49.0 Å². The lowest BCUT2D eigenvalue weighted by molar-refractivity contribution is 0.0903. The minimum atomic E-state index is -1.01. The molecule has 0 saturated carbocycles. The quantitative estimate of drug-likeness (QED) is 0.652. The van der Waals surface area contributed by atoms with E-state index < -0.39 is 10.8 Å². The summed E-state index contributed by atoms with van der Waals surface area (Å²) < 4.78 is 20.3. The molecule has 0 aliphatic carbocycles. The van der Waals surface area contributed by atoms with Crippen molar-refractivity contribution >= 4 is 28.1 Å². The molecule has 3 aliphatic rings. The van der Waals surface area contributed by atoms with Crippen LogP contribution in [0.15, 0.2) is 35.5 Å². The van der Waals surface area contributed by atoms with E-state index in [1.54, 1.807) is 0 Å². The summed E-state index contributed by atoms with van der Waals surface area (Å²) in [5.41, 5.74) is 2.09. The second-order valence-corrected chi connectivity index (χ2v) is 10.4. The van der Waals surface area contributed by atoms with Crippen molar-refractivity contribution in [3.63, 3.8) is 0 Å². The molecule has 0 amide bonds. The van der Waals surface area contributed by atoms with E-state index in [0.29, 0.717) is 17.7 Å². The van der Waals surface area contributed by atoms with Gasteiger partial charge in [-0.15, -0.1) is 0 Å². The van der Waals surface area contributed by atoms with E-state index in [9.17, 15) is 4.21 Å². The van der Waals surface area contributed by atoms with Gasteiger partial charge in [0.05, 0.1) is 28.2 Å². The van der Waals surface area contributed by atoms with E-state index in [4.69, 9.17) is 19.7 Å². The van der Waals surface area contributed by atoms with E-state index in [1.807, 2.05) is 12.3 Å². The number of imidazole rings is 1. The minimum absolute atomic E-state index is 0.313. The standard InChI is InChI=1S/C23H28N6O2S/c30-32-14-8-19-20(32)21(25-17-6-12-31-13-7-17)27-23(26-19)28-10-4-16(5-11-28)22-24-15-18-3-1-2-9-29(18)22/h1-3,9,15-17H,4-8,10-14H2,(H,25,26,27). The molecule has 32 heavy (non-hydrogen) atoms. The van der Waals surface area contributed by atoms with Gasteiger partial charge in [0.2, 0.25) is 5.95 Å². The molecule has 2 fully saturated rings. The number of aryl methyl sites for hydroxylation is 1. The summed E-state index contributed by atoms with van der Waals surface area (Å²) in [6.45, 7) is 3.31. The van der Waals surface area contributed by atoms with E-state index in [1.165, 1.54) is 0 Å². The highest BCUT2D eigenvalue weighted by Gasteiger charge is 2.30. The van der Waals surface area contributed by atoms with Gasteiger partial charge < -0.3 is 19.4 Å². The lowest BCUT2D eigenvalue weighted by Gasteiger charge is -2.32. The van der Waals surface area contributed by atoms with Gasteiger partial charge in [-0.2, -0.15) is 4.98 Å². The number of rotatable bonds is 4. The SMILES string of the molecule is O=S1CCc2nc(N3CCC(c4ncc5ccccn45)CC3)nc(NC3CCOCC3)c21. The average molecular weight is 453 g/mol. The third-order valence-corrected chi connectivity index (χ3v) is 8.31. The summed E-state index contributed by atoms with van der Waals surface area (Å²) in [7, 11) is -1.01. The van der Waals surface area contributed by atoms with Gasteiger partial charge in [0.25, 0.3) is 0 Å². The molecule has 0 spiro atoms. The van der Waals surface area contributed by atoms with E-state index >= 15 is 0 Å². The summed E-state index contributed by atoms with van der Waals surface area (Å²) in [5.74, 6) is 3.76. The highest BCUT2D eigenvalue weighted by Crippen LogP contribution is 2.34. The Bertz CT molecular complexity index is 1150. The zero-order valence-electron chi connectivity index (χ0n) is 18.1. The number of pyridine rings is 1. The molecule has 0 aromatic carbocycles. The predicted molar refractivity (Wildman–Crippen MR) is 124 cm³/mol. The highest BCUT2D eigenvalue weighted by molar-refractivity contribution is 7.85. The maximum absolute atomic E-state index is 12.6. The predicted octanol–water partition coefficient (Wildman–Crippen LogP) is 2.76. The van der Waals surface area contributed by atoms with Crippen molar-refractivity contribution in [2.24, 2.45) is 0 Å². The third kappa shape index (κ3) is 3.67. The third-order valence-electron chi connectivity index (χ3n) is 6.85. The lowest BCUT2D eigenvalue weighted by atomic mass is 9.96. The van der Waals surface area contributed by atoms with Gasteiger partial charge >= 0.3 is 0 Å². The monoisotopic (exact) mass is 452 g/mol. The number of anilines is 2. The summed E-state index contributed by atoms with van der Waals surface area (Å²) in [5, 5.41) is 3.58. The van der Waals surface area contributed by atoms with Crippen LogP contribution in [0.4, 0.5) is 11.8 Å². The topological polar surface area (TPSA) is 84.7 Å². The fourth-order valence-corrected chi connectivity index (χ4v) is 6.38. The van der Waals surface area contributed by atoms with Gasteiger partial charge in [0.15, 0.2) is 0 Å². The summed E-state index contributed by atoms with van der Waals surface area (Å²) in [6.07, 6.45) is 8.75. The fourth-order valence-electron chi connectivity index (χ4n) is 5.06. The number of nitrogens with one attached hydrogen (secondary N) is 1. The van der Waals surface area contributed by atoms with Crippen molar-refractivity contribution in [3.8, 4) is 0 Å². The van der Waals surface area contributed by atoms with Gasteiger partial charge in [-0.1, -0.05) is 6.07 Å². The number of aromatic nitrogens is 4. The van der Waals surface area contributed by atoms with Gasteiger partial charge in [0, 0.05) is 56.6 Å². The van der Waals surface area contributed by atoms with E-state index in [2.05, 4.69) is 32.9 Å². The fraction of sp³-hybridized carbons (Fsp3) is 0.522. The molecule has 3 aliphatic heterocycles. The maximum atomic E-state index is 12.6. The van der Waals surface area contributed by atoms with Crippen molar-refractivity contribution < 1.29 is 8.95 Å². The first-order valence-electron chi connectivity index (χ1n) is 11.6. The number of hydrogen-bond acceptors (Lipinski definition) is 7. The molecule has 2 saturated heterocycles. The summed E-state index contributed by atoms with van der Waals surface area (Å²) >= 11 is 0. The average Bonchev–Trinajstić information content (AvgIpc) is 3.44. The van der Waals surface area contributed by atoms with Crippen LogP contribution in [0.2, 0.25) is 0 Å². The second-order valence-electron chi connectivity index (χ2n) is 8.85. The van der Waals surface area contributed by atoms with Crippen LogP contribution in [0.1, 0.15) is 43.1 Å². The van der Waals surface area contributed by atoms with Gasteiger partial charge in [-0.25, -0.2) is 9.97 Å². The molecule has 1 atom stereocenters. The van der Waals surface area contributed by atoms with Crippen LogP contribution in [0, 0.1) is 0 Å². The normalized spacial score (nSPS) is 22.4. The number of piperidine rings is 1. The molecule has 3 aromatic heterocycles. The summed E-state index contributed by atoms with van der Waals surface area (Å²) in [4.78, 5) is 17.6. The van der Waals surface area contributed by atoms with Crippen molar-refractivity contribution in [3.05, 3.63) is 42.1 Å². The number of ether oxygens (including phenoxy) is 1. The Morgan fingerprint density at radius 3 is 2.78 bits per heavy atom. The van der Waals surface area contributed by atoms with Crippen LogP contribution in [0.25, 0.3) is 5.52 Å². The van der Waals surface area contributed by atoms with Crippen molar-refractivity contribution in [1.29, 1.82) is 0 Å². The molecule has 6 heterocycles. The Balaban J connectivity index is 1.22.